The van der Waals surface area contributed by atoms with Gasteiger partial charge in [-0.3, -0.25) is 0 Å². The molecular formula is C8H8Br3N. The van der Waals surface area contributed by atoms with Gasteiger partial charge in [0.2, 0.25) is 0 Å². The molecule has 0 heterocycles. The molecule has 1 atom stereocenters. The van der Waals surface area contributed by atoms with Crippen molar-refractivity contribution in [2.24, 2.45) is 5.73 Å². The van der Waals surface area contributed by atoms with Crippen LogP contribution in [0.15, 0.2) is 25.6 Å². The molecule has 4 heteroatoms. The molecule has 0 saturated heterocycles. The molecule has 1 aromatic carbocycles. The number of rotatable bonds is 1. The van der Waals surface area contributed by atoms with Gasteiger partial charge in [0.25, 0.3) is 0 Å². The van der Waals surface area contributed by atoms with Crippen LogP contribution in [0.25, 0.3) is 0 Å². The van der Waals surface area contributed by atoms with E-state index in [0.29, 0.717) is 0 Å². The van der Waals surface area contributed by atoms with E-state index in [2.05, 4.69) is 47.8 Å². The van der Waals surface area contributed by atoms with Crippen LogP contribution in [0.2, 0.25) is 0 Å². The molecule has 0 spiro atoms. The van der Waals surface area contributed by atoms with Crippen molar-refractivity contribution in [2.45, 2.75) is 13.0 Å². The molecule has 0 aromatic heterocycles. The third-order valence-corrected chi connectivity index (χ3v) is 4.70. The Morgan fingerprint density at radius 1 is 1.17 bits per heavy atom. The zero-order valence-corrected chi connectivity index (χ0v) is 11.2. The lowest BCUT2D eigenvalue weighted by molar-refractivity contribution is 0.816. The summed E-state index contributed by atoms with van der Waals surface area (Å²) in [6.07, 6.45) is 0. The Morgan fingerprint density at radius 2 is 1.58 bits per heavy atom. The van der Waals surface area contributed by atoms with Gasteiger partial charge in [0.1, 0.15) is 0 Å². The Kier molecular flexibility index (Phi) is 3.76. The minimum atomic E-state index is 0.0608. The molecule has 0 aliphatic heterocycles. The lowest BCUT2D eigenvalue weighted by Gasteiger charge is -2.08. The van der Waals surface area contributed by atoms with Crippen LogP contribution in [-0.4, -0.2) is 0 Å². The fraction of sp³-hybridized carbons (Fsp3) is 0.250. The molecule has 0 bridgehead atoms. The Balaban J connectivity index is 3.21. The molecule has 1 unspecified atom stereocenters. The second-order valence-electron chi connectivity index (χ2n) is 2.59. The summed E-state index contributed by atoms with van der Waals surface area (Å²) in [5.74, 6) is 0. The molecule has 66 valence electrons. The second kappa shape index (κ2) is 4.22. The van der Waals surface area contributed by atoms with E-state index in [-0.39, 0.29) is 6.04 Å². The van der Waals surface area contributed by atoms with E-state index in [1.165, 1.54) is 0 Å². The van der Waals surface area contributed by atoms with Gasteiger partial charge < -0.3 is 5.73 Å². The monoisotopic (exact) mass is 355 g/mol. The van der Waals surface area contributed by atoms with Gasteiger partial charge >= 0.3 is 0 Å². The summed E-state index contributed by atoms with van der Waals surface area (Å²) in [7, 11) is 0. The average Bonchev–Trinajstić information content (AvgIpc) is 1.99. The summed E-state index contributed by atoms with van der Waals surface area (Å²) in [6.45, 7) is 1.96. The van der Waals surface area contributed by atoms with E-state index in [1.54, 1.807) is 0 Å². The maximum absolute atomic E-state index is 5.74. The van der Waals surface area contributed by atoms with Crippen molar-refractivity contribution in [1.29, 1.82) is 0 Å². The van der Waals surface area contributed by atoms with E-state index >= 15 is 0 Å². The first-order chi connectivity index (χ1) is 5.52. The van der Waals surface area contributed by atoms with Crippen LogP contribution in [0, 0.1) is 0 Å². The van der Waals surface area contributed by atoms with Gasteiger partial charge in [-0.25, -0.2) is 0 Å². The minimum absolute atomic E-state index is 0.0608. The van der Waals surface area contributed by atoms with Crippen LogP contribution < -0.4 is 5.73 Å². The summed E-state index contributed by atoms with van der Waals surface area (Å²) in [5.41, 5.74) is 6.85. The zero-order valence-electron chi connectivity index (χ0n) is 6.44. The highest BCUT2D eigenvalue weighted by molar-refractivity contribution is 9.14. The number of hydrogen-bond donors (Lipinski definition) is 1. The van der Waals surface area contributed by atoms with E-state index in [0.717, 1.165) is 19.0 Å². The van der Waals surface area contributed by atoms with Crippen molar-refractivity contribution in [3.63, 3.8) is 0 Å². The van der Waals surface area contributed by atoms with E-state index in [9.17, 15) is 0 Å². The third kappa shape index (κ3) is 2.31. The first-order valence-corrected chi connectivity index (χ1v) is 5.80. The number of benzene rings is 1. The molecule has 0 fully saturated rings. The quantitative estimate of drug-likeness (QED) is 0.755. The van der Waals surface area contributed by atoms with Crippen molar-refractivity contribution < 1.29 is 0 Å². The van der Waals surface area contributed by atoms with Crippen LogP contribution >= 0.6 is 47.8 Å². The molecule has 0 amide bonds. The van der Waals surface area contributed by atoms with Gasteiger partial charge in [0.05, 0.1) is 0 Å². The van der Waals surface area contributed by atoms with Crippen LogP contribution in [0.5, 0.6) is 0 Å². The topological polar surface area (TPSA) is 26.0 Å². The van der Waals surface area contributed by atoms with Crippen molar-refractivity contribution in [2.75, 3.05) is 0 Å². The van der Waals surface area contributed by atoms with Crippen LogP contribution in [-0.2, 0) is 0 Å². The summed E-state index contributed by atoms with van der Waals surface area (Å²) in [6, 6.07) is 4.09. The number of hydrogen-bond acceptors (Lipinski definition) is 1. The predicted molar refractivity (Wildman–Crippen MR) is 62.1 cm³/mol. The maximum Gasteiger partial charge on any atom is 0.0459 e. The highest BCUT2D eigenvalue weighted by Gasteiger charge is 2.06. The molecule has 2 N–H and O–H groups in total. The maximum atomic E-state index is 5.74. The molecule has 0 saturated carbocycles. The highest BCUT2D eigenvalue weighted by atomic mass is 79.9. The van der Waals surface area contributed by atoms with E-state index in [4.69, 9.17) is 5.73 Å². The Hall–Kier alpha value is 0.620. The molecule has 0 aliphatic rings. The lowest BCUT2D eigenvalue weighted by atomic mass is 10.1. The normalized spacial score (nSPS) is 13.1. The minimum Gasteiger partial charge on any atom is -0.324 e. The fourth-order valence-electron chi connectivity index (χ4n) is 0.838. The molecule has 12 heavy (non-hydrogen) atoms. The number of nitrogens with two attached hydrogens (primary N) is 1. The van der Waals surface area contributed by atoms with Crippen molar-refractivity contribution in [3.05, 3.63) is 31.1 Å². The Morgan fingerprint density at radius 3 is 1.92 bits per heavy atom. The van der Waals surface area contributed by atoms with Crippen molar-refractivity contribution >= 4 is 47.8 Å². The van der Waals surface area contributed by atoms with Crippen molar-refractivity contribution in [3.8, 4) is 0 Å². The van der Waals surface area contributed by atoms with Gasteiger partial charge in [0.15, 0.2) is 0 Å². The summed E-state index contributed by atoms with van der Waals surface area (Å²) in [5, 5.41) is 0. The third-order valence-electron chi connectivity index (χ3n) is 1.53. The summed E-state index contributed by atoms with van der Waals surface area (Å²) < 4.78 is 3.06. The fourth-order valence-corrected chi connectivity index (χ4v) is 2.29. The molecule has 0 aliphatic carbocycles. The van der Waals surface area contributed by atoms with Crippen LogP contribution in [0.3, 0.4) is 0 Å². The predicted octanol–water partition coefficient (Wildman–Crippen LogP) is 3.99. The molecule has 0 radical (unpaired) electrons. The standard InChI is InChI=1S/C8H8Br3N/c1-4(12)5-2-6(9)8(11)7(10)3-5/h2-4H,12H2,1H3. The van der Waals surface area contributed by atoms with Crippen LogP contribution in [0.4, 0.5) is 0 Å². The van der Waals surface area contributed by atoms with Gasteiger partial charge in [0, 0.05) is 19.5 Å². The Bertz CT molecular complexity index is 273. The highest BCUT2D eigenvalue weighted by Crippen LogP contribution is 2.33. The molecule has 1 nitrogen and oxygen atoms in total. The SMILES string of the molecule is CC(N)c1cc(Br)c(Br)c(Br)c1. The molecule has 1 aromatic rings. The van der Waals surface area contributed by atoms with Gasteiger partial charge in [-0.1, -0.05) is 0 Å². The Labute approximate surface area is 97.1 Å². The molecule has 1 rings (SSSR count). The smallest absolute Gasteiger partial charge is 0.0459 e. The van der Waals surface area contributed by atoms with Crippen molar-refractivity contribution in [1.82, 2.24) is 0 Å². The lowest BCUT2D eigenvalue weighted by Crippen LogP contribution is -2.04. The zero-order chi connectivity index (χ0) is 9.30. The average molecular weight is 358 g/mol. The summed E-state index contributed by atoms with van der Waals surface area (Å²) >= 11 is 10.3. The number of halogens is 3. The summed E-state index contributed by atoms with van der Waals surface area (Å²) in [4.78, 5) is 0. The van der Waals surface area contributed by atoms with Crippen LogP contribution in [0.1, 0.15) is 18.5 Å². The second-order valence-corrected chi connectivity index (χ2v) is 5.09. The van der Waals surface area contributed by atoms with E-state index in [1.807, 2.05) is 19.1 Å². The van der Waals surface area contributed by atoms with Gasteiger partial charge in [-0.05, 0) is 72.4 Å². The largest absolute Gasteiger partial charge is 0.324 e. The first-order valence-electron chi connectivity index (χ1n) is 3.42. The van der Waals surface area contributed by atoms with Gasteiger partial charge in [-0.15, -0.1) is 0 Å². The molecular weight excluding hydrogens is 350 g/mol. The first kappa shape index (κ1) is 10.7. The van der Waals surface area contributed by atoms with Gasteiger partial charge in [-0.2, -0.15) is 0 Å². The van der Waals surface area contributed by atoms with E-state index < -0.39 is 0 Å².